The molecule has 0 saturated carbocycles. The van der Waals surface area contributed by atoms with Crippen molar-refractivity contribution in [1.82, 2.24) is 10.3 Å². The number of hydrogen-bond donors (Lipinski definition) is 2. The first kappa shape index (κ1) is 15.6. The zero-order chi connectivity index (χ0) is 16.8. The zero-order valence-electron chi connectivity index (χ0n) is 13.2. The summed E-state index contributed by atoms with van der Waals surface area (Å²) in [5, 5.41) is 6.46. The number of pyridine rings is 1. The number of nitrogens with zero attached hydrogens (tertiary/aromatic N) is 1. The normalized spacial score (nSPS) is 10.7. The van der Waals surface area contributed by atoms with Crippen molar-refractivity contribution in [3.05, 3.63) is 72.6 Å². The van der Waals surface area contributed by atoms with Crippen LogP contribution in [0.15, 0.2) is 67.0 Å². The summed E-state index contributed by atoms with van der Waals surface area (Å²) in [5.74, 6) is 0.767. The van der Waals surface area contributed by atoms with E-state index in [0.717, 1.165) is 22.2 Å². The Morgan fingerprint density at radius 1 is 1.12 bits per heavy atom. The average Bonchev–Trinajstić information content (AvgIpc) is 2.62. The smallest absolute Gasteiger partial charge is 0.323 e. The van der Waals surface area contributed by atoms with Crippen LogP contribution in [0.4, 0.5) is 10.5 Å². The van der Waals surface area contributed by atoms with E-state index >= 15 is 0 Å². The maximum absolute atomic E-state index is 12.0. The van der Waals surface area contributed by atoms with Gasteiger partial charge in [0.05, 0.1) is 18.3 Å². The molecule has 0 bridgehead atoms. The van der Waals surface area contributed by atoms with E-state index in [1.807, 2.05) is 54.6 Å². The van der Waals surface area contributed by atoms with E-state index in [4.69, 9.17) is 4.74 Å². The first-order valence-electron chi connectivity index (χ1n) is 7.48. The van der Waals surface area contributed by atoms with E-state index in [9.17, 15) is 4.79 Å². The minimum atomic E-state index is -0.327. The summed E-state index contributed by atoms with van der Waals surface area (Å²) in [4.78, 5) is 16.4. The lowest BCUT2D eigenvalue weighted by atomic mass is 10.2. The monoisotopic (exact) mass is 319 g/mol. The molecule has 0 radical (unpaired) electrons. The number of carbonyl (C=O) groups is 1. The highest BCUT2D eigenvalue weighted by atomic mass is 16.5. The van der Waals surface area contributed by atoms with Gasteiger partial charge in [0.25, 0.3) is 0 Å². The van der Waals surface area contributed by atoms with Crippen molar-refractivity contribution >= 4 is 28.7 Å². The van der Waals surface area contributed by atoms with Gasteiger partial charge in [-0.05, 0) is 35.9 Å². The van der Waals surface area contributed by atoms with Gasteiger partial charge in [-0.1, -0.05) is 30.3 Å². The standard InChI is InChI=1S/C19H17N3O2/c1-24-16-8-2-5-14(13-16)10-12-21-19(23)22-17-9-3-6-15-7-4-11-20-18(15)17/h2-13H,1H3,(H2,21,22,23)/b12-10+. The Hall–Kier alpha value is -3.34. The molecule has 0 aliphatic rings. The van der Waals surface area contributed by atoms with E-state index in [1.165, 1.54) is 0 Å². The van der Waals surface area contributed by atoms with Crippen LogP contribution in [0.1, 0.15) is 5.56 Å². The maximum Gasteiger partial charge on any atom is 0.323 e. The molecule has 2 amide bonds. The van der Waals surface area contributed by atoms with Gasteiger partial charge in [-0.25, -0.2) is 4.79 Å². The van der Waals surface area contributed by atoms with E-state index in [0.29, 0.717) is 5.69 Å². The highest BCUT2D eigenvalue weighted by Crippen LogP contribution is 2.20. The van der Waals surface area contributed by atoms with Crippen LogP contribution in [0.3, 0.4) is 0 Å². The zero-order valence-corrected chi connectivity index (χ0v) is 13.2. The molecule has 0 aliphatic carbocycles. The number of amides is 2. The van der Waals surface area contributed by atoms with Gasteiger partial charge in [-0.15, -0.1) is 0 Å². The van der Waals surface area contributed by atoms with Crippen molar-refractivity contribution in [3.63, 3.8) is 0 Å². The van der Waals surface area contributed by atoms with E-state index in [2.05, 4.69) is 15.6 Å². The summed E-state index contributed by atoms with van der Waals surface area (Å²) in [6.07, 6.45) is 5.08. The van der Waals surface area contributed by atoms with E-state index in [-0.39, 0.29) is 6.03 Å². The SMILES string of the molecule is COc1cccc(/C=C/NC(=O)Nc2cccc3cccnc23)c1. The van der Waals surface area contributed by atoms with Gasteiger partial charge in [-0.3, -0.25) is 4.98 Å². The minimum Gasteiger partial charge on any atom is -0.497 e. The molecule has 1 heterocycles. The van der Waals surface area contributed by atoms with E-state index < -0.39 is 0 Å². The molecule has 24 heavy (non-hydrogen) atoms. The van der Waals surface area contributed by atoms with Gasteiger partial charge in [-0.2, -0.15) is 0 Å². The summed E-state index contributed by atoms with van der Waals surface area (Å²) < 4.78 is 5.16. The second-order valence-electron chi connectivity index (χ2n) is 5.09. The molecular formula is C19H17N3O2. The topological polar surface area (TPSA) is 63.2 Å². The van der Waals surface area contributed by atoms with Crippen LogP contribution < -0.4 is 15.4 Å². The average molecular weight is 319 g/mol. The van der Waals surface area contributed by atoms with Crippen molar-refractivity contribution in [1.29, 1.82) is 0 Å². The summed E-state index contributed by atoms with van der Waals surface area (Å²) in [6, 6.07) is 16.7. The lowest BCUT2D eigenvalue weighted by Gasteiger charge is -2.07. The molecular weight excluding hydrogens is 302 g/mol. The molecule has 2 N–H and O–H groups in total. The third-order valence-electron chi connectivity index (χ3n) is 3.46. The number of rotatable bonds is 4. The van der Waals surface area contributed by atoms with Crippen LogP contribution in [0.25, 0.3) is 17.0 Å². The van der Waals surface area contributed by atoms with Crippen molar-refractivity contribution in [2.24, 2.45) is 0 Å². The molecule has 0 aliphatic heterocycles. The molecule has 5 nitrogen and oxygen atoms in total. The molecule has 1 aromatic heterocycles. The third kappa shape index (κ3) is 3.70. The van der Waals surface area contributed by atoms with Crippen molar-refractivity contribution in [2.45, 2.75) is 0 Å². The first-order valence-corrected chi connectivity index (χ1v) is 7.48. The fourth-order valence-corrected chi connectivity index (χ4v) is 2.32. The fourth-order valence-electron chi connectivity index (χ4n) is 2.32. The second-order valence-corrected chi connectivity index (χ2v) is 5.09. The Labute approximate surface area is 140 Å². The van der Waals surface area contributed by atoms with Crippen molar-refractivity contribution < 1.29 is 9.53 Å². The number of aromatic nitrogens is 1. The van der Waals surface area contributed by atoms with Crippen LogP contribution >= 0.6 is 0 Å². The van der Waals surface area contributed by atoms with Crippen LogP contribution in [0.5, 0.6) is 5.75 Å². The fraction of sp³-hybridized carbons (Fsp3) is 0.0526. The number of anilines is 1. The Kier molecular flexibility index (Phi) is 4.72. The first-order chi connectivity index (χ1) is 11.8. The molecule has 0 spiro atoms. The van der Waals surface area contributed by atoms with Crippen molar-refractivity contribution in [3.8, 4) is 5.75 Å². The minimum absolute atomic E-state index is 0.327. The molecule has 120 valence electrons. The van der Waals surface area contributed by atoms with E-state index in [1.54, 1.807) is 25.6 Å². The van der Waals surface area contributed by atoms with Gasteiger partial charge in [0.2, 0.25) is 0 Å². The molecule has 5 heteroatoms. The molecule has 0 unspecified atom stereocenters. The second kappa shape index (κ2) is 7.28. The Morgan fingerprint density at radius 3 is 2.83 bits per heavy atom. The molecule has 2 aromatic carbocycles. The lowest BCUT2D eigenvalue weighted by molar-refractivity contribution is 0.255. The number of nitrogens with one attached hydrogen (secondary N) is 2. The predicted octanol–water partition coefficient (Wildman–Crippen LogP) is 4.04. The highest BCUT2D eigenvalue weighted by Gasteiger charge is 2.04. The van der Waals surface area contributed by atoms with Crippen LogP contribution in [0.2, 0.25) is 0 Å². The summed E-state index contributed by atoms with van der Waals surface area (Å²) in [6.45, 7) is 0. The summed E-state index contributed by atoms with van der Waals surface area (Å²) in [7, 11) is 1.62. The van der Waals surface area contributed by atoms with Gasteiger partial charge in [0.15, 0.2) is 0 Å². The Bertz CT molecular complexity index is 885. The molecule has 0 fully saturated rings. The maximum atomic E-state index is 12.0. The number of methoxy groups -OCH3 is 1. The number of para-hydroxylation sites is 1. The summed E-state index contributed by atoms with van der Waals surface area (Å²) >= 11 is 0. The molecule has 0 atom stereocenters. The lowest BCUT2D eigenvalue weighted by Crippen LogP contribution is -2.23. The Balaban J connectivity index is 1.66. The van der Waals surface area contributed by atoms with Gasteiger partial charge < -0.3 is 15.4 Å². The number of hydrogen-bond acceptors (Lipinski definition) is 3. The van der Waals surface area contributed by atoms with Crippen LogP contribution in [-0.2, 0) is 0 Å². The quantitative estimate of drug-likeness (QED) is 0.763. The molecule has 3 rings (SSSR count). The molecule has 3 aromatic rings. The van der Waals surface area contributed by atoms with Crippen LogP contribution in [0, 0.1) is 0 Å². The number of fused-ring (bicyclic) bond motifs is 1. The number of carbonyl (C=O) groups excluding carboxylic acids is 1. The third-order valence-corrected chi connectivity index (χ3v) is 3.46. The highest BCUT2D eigenvalue weighted by molar-refractivity contribution is 5.99. The number of benzene rings is 2. The van der Waals surface area contributed by atoms with Gasteiger partial charge in [0, 0.05) is 17.8 Å². The molecule has 0 saturated heterocycles. The number of ether oxygens (including phenoxy) is 1. The Morgan fingerprint density at radius 2 is 1.96 bits per heavy atom. The van der Waals surface area contributed by atoms with Crippen LogP contribution in [-0.4, -0.2) is 18.1 Å². The summed E-state index contributed by atoms with van der Waals surface area (Å²) in [5.41, 5.74) is 2.36. The number of urea groups is 1. The van der Waals surface area contributed by atoms with Gasteiger partial charge in [0.1, 0.15) is 5.75 Å². The van der Waals surface area contributed by atoms with Gasteiger partial charge >= 0.3 is 6.03 Å². The van der Waals surface area contributed by atoms with Crippen molar-refractivity contribution in [2.75, 3.05) is 12.4 Å². The largest absolute Gasteiger partial charge is 0.497 e. The predicted molar refractivity (Wildman–Crippen MR) is 95.9 cm³/mol.